The molecule has 25 heavy (non-hydrogen) atoms. The molecule has 2 N–H and O–H groups in total. The molecule has 8 heteroatoms. The minimum atomic E-state index is -0.328. The van der Waals surface area contributed by atoms with E-state index in [9.17, 15) is 4.79 Å². The molecule has 0 radical (unpaired) electrons. The van der Waals surface area contributed by atoms with Crippen molar-refractivity contribution in [2.75, 3.05) is 32.2 Å². The lowest BCUT2D eigenvalue weighted by molar-refractivity contribution is 0.234. The Kier molecular flexibility index (Phi) is 5.72. The number of aromatic nitrogens is 1. The lowest BCUT2D eigenvalue weighted by Crippen LogP contribution is -2.32. The second kappa shape index (κ2) is 8.17. The van der Waals surface area contributed by atoms with Gasteiger partial charge in [-0.3, -0.25) is 5.32 Å². The Balaban J connectivity index is 1.44. The number of amides is 2. The summed E-state index contributed by atoms with van der Waals surface area (Å²) in [7, 11) is 2.08. The van der Waals surface area contributed by atoms with Crippen molar-refractivity contribution in [3.8, 4) is 11.5 Å². The first kappa shape index (κ1) is 17.5. The van der Waals surface area contributed by atoms with Crippen LogP contribution in [0.5, 0.6) is 11.5 Å². The van der Waals surface area contributed by atoms with Gasteiger partial charge in [-0.2, -0.15) is 0 Å². The molecule has 0 aliphatic carbocycles. The summed E-state index contributed by atoms with van der Waals surface area (Å²) in [5.74, 6) is 1.45. The number of thiazole rings is 1. The highest BCUT2D eigenvalue weighted by Gasteiger charge is 2.18. The Bertz CT molecular complexity index is 717. The average Bonchev–Trinajstić information content (AvgIpc) is 2.98. The molecule has 1 aliphatic heterocycles. The van der Waals surface area contributed by atoms with Gasteiger partial charge in [0.15, 0.2) is 11.9 Å². The van der Waals surface area contributed by atoms with Crippen molar-refractivity contribution in [3.05, 3.63) is 34.8 Å². The number of nitrogens with zero attached hydrogens (tertiary/aromatic N) is 2. The standard InChI is InChI=1S/C17H22N4O3S/c1-3-23-12-4-6-13(7-5-12)24-11-18-16(22)20-17-19-14-8-9-21(2)10-15(14)25-17/h4-7H,3,8-11H2,1-2H3,(H2,18,19,20,22). The molecule has 0 bridgehead atoms. The fraction of sp³-hybridized carbons (Fsp3) is 0.412. The largest absolute Gasteiger partial charge is 0.494 e. The molecule has 0 unspecified atom stereocenters. The van der Waals surface area contributed by atoms with E-state index in [0.29, 0.717) is 17.5 Å². The third kappa shape index (κ3) is 4.83. The fourth-order valence-corrected chi connectivity index (χ4v) is 3.59. The van der Waals surface area contributed by atoms with E-state index in [-0.39, 0.29) is 12.8 Å². The van der Waals surface area contributed by atoms with Crippen LogP contribution >= 0.6 is 11.3 Å². The summed E-state index contributed by atoms with van der Waals surface area (Å²) in [5.41, 5.74) is 1.09. The quantitative estimate of drug-likeness (QED) is 0.773. The van der Waals surface area contributed by atoms with Crippen LogP contribution in [0.25, 0.3) is 0 Å². The SMILES string of the molecule is CCOc1ccc(OCNC(=O)Nc2nc3c(s2)CN(C)CC3)cc1. The van der Waals surface area contributed by atoms with E-state index in [1.54, 1.807) is 12.1 Å². The summed E-state index contributed by atoms with van der Waals surface area (Å²) in [6.07, 6.45) is 0.923. The Labute approximate surface area is 151 Å². The summed E-state index contributed by atoms with van der Waals surface area (Å²) in [6.45, 7) is 4.52. The molecule has 2 heterocycles. The lowest BCUT2D eigenvalue weighted by Gasteiger charge is -2.20. The third-order valence-electron chi connectivity index (χ3n) is 3.75. The number of likely N-dealkylation sites (N-methyl/N-ethyl adjacent to an activating group) is 1. The first-order valence-electron chi connectivity index (χ1n) is 8.21. The van der Waals surface area contributed by atoms with Gasteiger partial charge in [0.1, 0.15) is 11.5 Å². The second-order valence-electron chi connectivity index (χ2n) is 5.70. The number of benzene rings is 1. The van der Waals surface area contributed by atoms with Crippen LogP contribution in [0.15, 0.2) is 24.3 Å². The van der Waals surface area contributed by atoms with Gasteiger partial charge in [-0.25, -0.2) is 9.78 Å². The summed E-state index contributed by atoms with van der Waals surface area (Å²) < 4.78 is 10.9. The molecule has 3 rings (SSSR count). The van der Waals surface area contributed by atoms with Crippen molar-refractivity contribution >= 4 is 22.5 Å². The van der Waals surface area contributed by atoms with E-state index in [4.69, 9.17) is 9.47 Å². The highest BCUT2D eigenvalue weighted by atomic mass is 32.1. The number of carbonyl (C=O) groups is 1. The molecule has 2 aromatic rings. The van der Waals surface area contributed by atoms with Crippen LogP contribution in [0.1, 0.15) is 17.5 Å². The number of hydrogen-bond donors (Lipinski definition) is 2. The van der Waals surface area contributed by atoms with Gasteiger partial charge in [-0.1, -0.05) is 0 Å². The number of ether oxygens (including phenoxy) is 2. The summed E-state index contributed by atoms with van der Waals surface area (Å²) in [5, 5.41) is 6.05. The number of urea groups is 1. The highest BCUT2D eigenvalue weighted by molar-refractivity contribution is 7.15. The Hall–Kier alpha value is -2.32. The Morgan fingerprint density at radius 2 is 2.00 bits per heavy atom. The molecular weight excluding hydrogens is 340 g/mol. The highest BCUT2D eigenvalue weighted by Crippen LogP contribution is 2.27. The van der Waals surface area contributed by atoms with E-state index < -0.39 is 0 Å². The molecule has 2 amide bonds. The van der Waals surface area contributed by atoms with Crippen molar-refractivity contribution in [1.82, 2.24) is 15.2 Å². The predicted molar refractivity (Wildman–Crippen MR) is 97.4 cm³/mol. The molecule has 1 aromatic heterocycles. The molecule has 0 saturated carbocycles. The van der Waals surface area contributed by atoms with E-state index in [1.807, 2.05) is 19.1 Å². The molecule has 1 aromatic carbocycles. The molecular formula is C17H22N4O3S. The normalized spacial score (nSPS) is 13.8. The predicted octanol–water partition coefficient (Wildman–Crippen LogP) is 2.69. The van der Waals surface area contributed by atoms with Crippen LogP contribution in [0.3, 0.4) is 0 Å². The number of anilines is 1. The van der Waals surface area contributed by atoms with Gasteiger partial charge in [0, 0.05) is 24.4 Å². The van der Waals surface area contributed by atoms with Gasteiger partial charge < -0.3 is 19.7 Å². The van der Waals surface area contributed by atoms with Crippen molar-refractivity contribution in [2.45, 2.75) is 19.9 Å². The van der Waals surface area contributed by atoms with E-state index in [0.717, 1.165) is 31.0 Å². The molecule has 134 valence electrons. The Morgan fingerprint density at radius 3 is 2.72 bits per heavy atom. The maximum atomic E-state index is 12.0. The van der Waals surface area contributed by atoms with E-state index in [2.05, 4.69) is 27.6 Å². The minimum Gasteiger partial charge on any atom is -0.494 e. The molecule has 0 atom stereocenters. The van der Waals surface area contributed by atoms with E-state index >= 15 is 0 Å². The number of nitrogens with one attached hydrogen (secondary N) is 2. The first-order valence-corrected chi connectivity index (χ1v) is 9.03. The van der Waals surface area contributed by atoms with Crippen LogP contribution in [0.4, 0.5) is 9.93 Å². The maximum absolute atomic E-state index is 12.0. The monoisotopic (exact) mass is 362 g/mol. The summed E-state index contributed by atoms with van der Waals surface area (Å²) in [6, 6.07) is 6.93. The van der Waals surface area contributed by atoms with Gasteiger partial charge >= 0.3 is 6.03 Å². The average molecular weight is 362 g/mol. The minimum absolute atomic E-state index is 0.0770. The molecule has 1 aliphatic rings. The Morgan fingerprint density at radius 1 is 1.28 bits per heavy atom. The fourth-order valence-electron chi connectivity index (χ4n) is 2.50. The van der Waals surface area contributed by atoms with Gasteiger partial charge in [0.05, 0.1) is 12.3 Å². The van der Waals surface area contributed by atoms with Crippen LogP contribution < -0.4 is 20.1 Å². The van der Waals surface area contributed by atoms with Crippen molar-refractivity contribution in [2.24, 2.45) is 0 Å². The summed E-state index contributed by atoms with van der Waals surface area (Å²) in [4.78, 5) is 19.9. The van der Waals surface area contributed by atoms with E-state index in [1.165, 1.54) is 16.2 Å². The van der Waals surface area contributed by atoms with Gasteiger partial charge in [-0.05, 0) is 38.2 Å². The number of rotatable bonds is 6. The lowest BCUT2D eigenvalue weighted by atomic mass is 10.2. The zero-order valence-corrected chi connectivity index (χ0v) is 15.2. The van der Waals surface area contributed by atoms with Gasteiger partial charge in [0.2, 0.25) is 0 Å². The number of hydrogen-bond acceptors (Lipinski definition) is 6. The van der Waals surface area contributed by atoms with Crippen LogP contribution in [0, 0.1) is 0 Å². The first-order chi connectivity index (χ1) is 12.1. The zero-order valence-electron chi connectivity index (χ0n) is 14.4. The topological polar surface area (TPSA) is 75.7 Å². The zero-order chi connectivity index (χ0) is 17.6. The third-order valence-corrected chi connectivity index (χ3v) is 4.75. The maximum Gasteiger partial charge on any atom is 0.323 e. The van der Waals surface area contributed by atoms with Crippen molar-refractivity contribution < 1.29 is 14.3 Å². The van der Waals surface area contributed by atoms with Gasteiger partial charge in [0.25, 0.3) is 0 Å². The van der Waals surface area contributed by atoms with Crippen LogP contribution in [-0.4, -0.2) is 42.8 Å². The molecule has 0 fully saturated rings. The summed E-state index contributed by atoms with van der Waals surface area (Å²) >= 11 is 1.52. The second-order valence-corrected chi connectivity index (χ2v) is 6.78. The number of fused-ring (bicyclic) bond motifs is 1. The molecule has 7 nitrogen and oxygen atoms in total. The van der Waals surface area contributed by atoms with Crippen molar-refractivity contribution in [3.63, 3.8) is 0 Å². The van der Waals surface area contributed by atoms with Gasteiger partial charge in [-0.15, -0.1) is 11.3 Å². The number of carbonyl (C=O) groups excluding carboxylic acids is 1. The molecule has 0 saturated heterocycles. The van der Waals surface area contributed by atoms with Crippen LogP contribution in [0.2, 0.25) is 0 Å². The van der Waals surface area contributed by atoms with Crippen LogP contribution in [-0.2, 0) is 13.0 Å². The smallest absolute Gasteiger partial charge is 0.323 e. The van der Waals surface area contributed by atoms with Crippen molar-refractivity contribution in [1.29, 1.82) is 0 Å². The molecule has 0 spiro atoms.